The third-order valence-electron chi connectivity index (χ3n) is 4.52. The highest BCUT2D eigenvalue weighted by molar-refractivity contribution is 14.0. The van der Waals surface area contributed by atoms with E-state index in [1.165, 1.54) is 18.4 Å². The molecule has 1 aliphatic heterocycles. The Labute approximate surface area is 197 Å². The van der Waals surface area contributed by atoms with Crippen LogP contribution in [0.5, 0.6) is 0 Å². The highest BCUT2D eigenvalue weighted by Crippen LogP contribution is 2.26. The Morgan fingerprint density at radius 1 is 1.24 bits per heavy atom. The van der Waals surface area contributed by atoms with Crippen LogP contribution in [0, 0.1) is 0 Å². The van der Waals surface area contributed by atoms with Crippen molar-refractivity contribution >= 4 is 47.4 Å². The van der Waals surface area contributed by atoms with Crippen LogP contribution in [0.15, 0.2) is 29.3 Å². The number of rotatable bonds is 7. The summed E-state index contributed by atoms with van der Waals surface area (Å²) in [5.41, 5.74) is 0.939. The standard InChI is InChI=1S/C21H34ClN5O.HI/c1-5-23-20(25-15-19(28)26-21(2,3)4)24-14-18(27-11-6-7-12-27)16-9-8-10-17(22)13-16;/h8-10,13,18H,5-7,11-12,14-15H2,1-4H3,(H,26,28)(H2,23,24,25);1H. The summed E-state index contributed by atoms with van der Waals surface area (Å²) >= 11 is 6.23. The molecule has 164 valence electrons. The van der Waals surface area contributed by atoms with Crippen molar-refractivity contribution in [1.82, 2.24) is 20.9 Å². The second kappa shape index (κ2) is 12.6. The number of carbonyl (C=O) groups excluding carboxylic acids is 1. The molecular formula is C21H35ClIN5O. The average molecular weight is 536 g/mol. The summed E-state index contributed by atoms with van der Waals surface area (Å²) in [7, 11) is 0. The third-order valence-corrected chi connectivity index (χ3v) is 4.75. The van der Waals surface area contributed by atoms with Gasteiger partial charge in [-0.3, -0.25) is 9.69 Å². The number of likely N-dealkylation sites (tertiary alicyclic amines) is 1. The van der Waals surface area contributed by atoms with Crippen LogP contribution in [-0.2, 0) is 4.79 Å². The number of aliphatic imine (C=N–C) groups is 1. The predicted octanol–water partition coefficient (Wildman–Crippen LogP) is 3.56. The van der Waals surface area contributed by atoms with Crippen LogP contribution in [0.3, 0.4) is 0 Å². The molecule has 2 rings (SSSR count). The van der Waals surface area contributed by atoms with Crippen molar-refractivity contribution in [2.24, 2.45) is 4.99 Å². The van der Waals surface area contributed by atoms with E-state index < -0.39 is 0 Å². The van der Waals surface area contributed by atoms with Crippen molar-refractivity contribution in [3.05, 3.63) is 34.9 Å². The number of hydrogen-bond acceptors (Lipinski definition) is 3. The fourth-order valence-electron chi connectivity index (χ4n) is 3.37. The third kappa shape index (κ3) is 9.53. The van der Waals surface area contributed by atoms with Gasteiger partial charge in [0.2, 0.25) is 5.91 Å². The van der Waals surface area contributed by atoms with E-state index in [-0.39, 0.29) is 48.0 Å². The van der Waals surface area contributed by atoms with E-state index in [2.05, 4.69) is 31.9 Å². The summed E-state index contributed by atoms with van der Waals surface area (Å²) in [6.07, 6.45) is 2.44. The second-order valence-electron chi connectivity index (χ2n) is 8.19. The van der Waals surface area contributed by atoms with Gasteiger partial charge in [0.25, 0.3) is 0 Å². The summed E-state index contributed by atoms with van der Waals surface area (Å²) in [4.78, 5) is 19.0. The average Bonchev–Trinajstić information content (AvgIpc) is 3.12. The molecule has 8 heteroatoms. The lowest BCUT2D eigenvalue weighted by molar-refractivity contribution is -0.121. The molecular weight excluding hydrogens is 501 g/mol. The lowest BCUT2D eigenvalue weighted by Gasteiger charge is -2.29. The molecule has 1 saturated heterocycles. The number of amides is 1. The van der Waals surface area contributed by atoms with Gasteiger partial charge in [-0.2, -0.15) is 0 Å². The molecule has 3 N–H and O–H groups in total. The first-order chi connectivity index (χ1) is 13.3. The summed E-state index contributed by atoms with van der Waals surface area (Å²) in [6, 6.07) is 8.27. The highest BCUT2D eigenvalue weighted by Gasteiger charge is 2.24. The molecule has 1 aromatic carbocycles. The zero-order chi connectivity index (χ0) is 20.6. The largest absolute Gasteiger partial charge is 0.357 e. The molecule has 1 heterocycles. The van der Waals surface area contributed by atoms with E-state index >= 15 is 0 Å². The zero-order valence-corrected chi connectivity index (χ0v) is 21.0. The Bertz CT molecular complexity index is 671. The minimum absolute atomic E-state index is 0. The van der Waals surface area contributed by atoms with Crippen LogP contribution in [0.2, 0.25) is 5.02 Å². The molecule has 0 aromatic heterocycles. The number of nitrogens with zero attached hydrogens (tertiary/aromatic N) is 2. The van der Waals surface area contributed by atoms with E-state index in [1.807, 2.05) is 45.9 Å². The minimum Gasteiger partial charge on any atom is -0.357 e. The summed E-state index contributed by atoms with van der Waals surface area (Å²) in [5, 5.41) is 10.3. The Balaban J connectivity index is 0.00000420. The first kappa shape index (κ1) is 26.0. The lowest BCUT2D eigenvalue weighted by atomic mass is 10.1. The number of carbonyl (C=O) groups is 1. The van der Waals surface area contributed by atoms with Crippen LogP contribution < -0.4 is 16.0 Å². The molecule has 0 saturated carbocycles. The second-order valence-corrected chi connectivity index (χ2v) is 8.62. The van der Waals surface area contributed by atoms with Crippen molar-refractivity contribution < 1.29 is 4.79 Å². The molecule has 0 radical (unpaired) electrons. The molecule has 1 aromatic rings. The van der Waals surface area contributed by atoms with E-state index in [4.69, 9.17) is 11.6 Å². The number of hydrogen-bond donors (Lipinski definition) is 3. The normalized spacial score (nSPS) is 16.1. The van der Waals surface area contributed by atoms with Gasteiger partial charge in [0, 0.05) is 23.7 Å². The van der Waals surface area contributed by atoms with Gasteiger partial charge < -0.3 is 16.0 Å². The molecule has 1 fully saturated rings. The maximum atomic E-state index is 12.1. The van der Waals surface area contributed by atoms with Crippen molar-refractivity contribution in [2.45, 2.75) is 52.1 Å². The molecule has 0 aliphatic carbocycles. The Morgan fingerprint density at radius 3 is 2.52 bits per heavy atom. The van der Waals surface area contributed by atoms with Crippen LogP contribution in [0.4, 0.5) is 0 Å². The maximum Gasteiger partial charge on any atom is 0.242 e. The Hall–Kier alpha value is -1.06. The molecule has 0 spiro atoms. The number of halogens is 2. The van der Waals surface area contributed by atoms with E-state index in [0.29, 0.717) is 12.5 Å². The van der Waals surface area contributed by atoms with E-state index in [1.54, 1.807) is 0 Å². The fourth-order valence-corrected chi connectivity index (χ4v) is 3.57. The molecule has 0 bridgehead atoms. The van der Waals surface area contributed by atoms with Crippen LogP contribution in [-0.4, -0.2) is 55.0 Å². The molecule has 1 amide bonds. The monoisotopic (exact) mass is 535 g/mol. The van der Waals surface area contributed by atoms with Crippen LogP contribution >= 0.6 is 35.6 Å². The highest BCUT2D eigenvalue weighted by atomic mass is 127. The van der Waals surface area contributed by atoms with Gasteiger partial charge in [0.05, 0.1) is 6.04 Å². The predicted molar refractivity (Wildman–Crippen MR) is 132 cm³/mol. The van der Waals surface area contributed by atoms with E-state index in [0.717, 1.165) is 24.7 Å². The van der Waals surface area contributed by atoms with E-state index in [9.17, 15) is 4.79 Å². The lowest BCUT2D eigenvalue weighted by Crippen LogP contribution is -2.44. The quantitative estimate of drug-likeness (QED) is 0.284. The van der Waals surface area contributed by atoms with Gasteiger partial charge >= 0.3 is 0 Å². The SMILES string of the molecule is CCNC(=NCC(=O)NC(C)(C)C)NCC(c1cccc(Cl)c1)N1CCCC1.I. The summed E-state index contributed by atoms with van der Waals surface area (Å²) in [6.45, 7) is 11.6. The van der Waals surface area contributed by atoms with Crippen LogP contribution in [0.1, 0.15) is 52.1 Å². The van der Waals surface area contributed by atoms with Crippen molar-refractivity contribution in [2.75, 3.05) is 32.7 Å². The Morgan fingerprint density at radius 2 is 1.93 bits per heavy atom. The van der Waals surface area contributed by atoms with Crippen molar-refractivity contribution in [3.63, 3.8) is 0 Å². The molecule has 6 nitrogen and oxygen atoms in total. The van der Waals surface area contributed by atoms with Crippen molar-refractivity contribution in [3.8, 4) is 0 Å². The molecule has 1 unspecified atom stereocenters. The van der Waals surface area contributed by atoms with Crippen LogP contribution in [0.25, 0.3) is 0 Å². The molecule has 1 aliphatic rings. The van der Waals surface area contributed by atoms with Gasteiger partial charge in [-0.25, -0.2) is 4.99 Å². The van der Waals surface area contributed by atoms with Gasteiger partial charge in [-0.05, 0) is 71.3 Å². The first-order valence-electron chi connectivity index (χ1n) is 10.1. The van der Waals surface area contributed by atoms with Gasteiger partial charge in [0.15, 0.2) is 5.96 Å². The zero-order valence-electron chi connectivity index (χ0n) is 17.9. The fraction of sp³-hybridized carbons (Fsp3) is 0.619. The van der Waals surface area contributed by atoms with Gasteiger partial charge in [0.1, 0.15) is 6.54 Å². The molecule has 1 atom stereocenters. The smallest absolute Gasteiger partial charge is 0.242 e. The van der Waals surface area contributed by atoms with Gasteiger partial charge in [-0.1, -0.05) is 23.7 Å². The number of benzene rings is 1. The summed E-state index contributed by atoms with van der Waals surface area (Å²) < 4.78 is 0. The maximum absolute atomic E-state index is 12.1. The topological polar surface area (TPSA) is 68.8 Å². The first-order valence-corrected chi connectivity index (χ1v) is 10.5. The number of guanidine groups is 1. The summed E-state index contributed by atoms with van der Waals surface area (Å²) in [5.74, 6) is 0.563. The van der Waals surface area contributed by atoms with Gasteiger partial charge in [-0.15, -0.1) is 24.0 Å². The number of nitrogens with one attached hydrogen (secondary N) is 3. The molecule has 29 heavy (non-hydrogen) atoms. The minimum atomic E-state index is -0.258. The van der Waals surface area contributed by atoms with Crippen molar-refractivity contribution in [1.29, 1.82) is 0 Å². The Kier molecular flexibility index (Phi) is 11.3.